The predicted molar refractivity (Wildman–Crippen MR) is 111 cm³/mol. The zero-order valence-corrected chi connectivity index (χ0v) is 18.1. The Hall–Kier alpha value is -0.650. The van der Waals surface area contributed by atoms with Gasteiger partial charge >= 0.3 is 0 Å². The molecule has 5 heteroatoms. The molecule has 5 nitrogen and oxygen atoms in total. The van der Waals surface area contributed by atoms with Crippen LogP contribution in [0.3, 0.4) is 0 Å². The summed E-state index contributed by atoms with van der Waals surface area (Å²) in [4.78, 5) is 16.1. The van der Waals surface area contributed by atoms with Gasteiger partial charge in [0, 0.05) is 33.1 Å². The summed E-state index contributed by atoms with van der Waals surface area (Å²) in [6, 6.07) is 0. The predicted octanol–water partition coefficient (Wildman–Crippen LogP) is 3.28. The number of nitrogens with zero attached hydrogens (tertiary/aromatic N) is 2. The molecule has 2 saturated heterocycles. The van der Waals surface area contributed by atoms with Gasteiger partial charge in [-0.15, -0.1) is 0 Å². The van der Waals surface area contributed by atoms with Gasteiger partial charge in [0.2, 0.25) is 5.91 Å². The Bertz CT molecular complexity index is 443. The summed E-state index contributed by atoms with van der Waals surface area (Å²) >= 11 is 0. The molecule has 2 aliphatic heterocycles. The van der Waals surface area contributed by atoms with Crippen molar-refractivity contribution in [1.29, 1.82) is 0 Å². The average Bonchev–Trinajstić information content (AvgIpc) is 2.65. The SMILES string of the molecule is CCCC1CCCN(C(O)NCCC(CC)C2CC(C)CN(C(C)=O)C2)C1. The molecule has 27 heavy (non-hydrogen) atoms. The summed E-state index contributed by atoms with van der Waals surface area (Å²) in [5.74, 6) is 2.74. The number of rotatable bonds is 9. The van der Waals surface area contributed by atoms with Crippen molar-refractivity contribution in [2.75, 3.05) is 32.7 Å². The monoisotopic (exact) mass is 381 g/mol. The first-order chi connectivity index (χ1) is 12.9. The fraction of sp³-hybridized carbons (Fsp3) is 0.955. The van der Waals surface area contributed by atoms with Crippen LogP contribution in [0.2, 0.25) is 0 Å². The van der Waals surface area contributed by atoms with Crippen molar-refractivity contribution < 1.29 is 9.90 Å². The molecule has 2 aliphatic rings. The number of hydrogen-bond donors (Lipinski definition) is 2. The van der Waals surface area contributed by atoms with Crippen LogP contribution in [0.1, 0.15) is 72.6 Å². The quantitative estimate of drug-likeness (QED) is 0.602. The number of likely N-dealkylation sites (tertiary alicyclic amines) is 2. The molecule has 0 spiro atoms. The molecule has 2 heterocycles. The number of hydrogen-bond acceptors (Lipinski definition) is 4. The highest BCUT2D eigenvalue weighted by Gasteiger charge is 2.31. The van der Waals surface area contributed by atoms with E-state index in [1.54, 1.807) is 6.92 Å². The zero-order valence-electron chi connectivity index (χ0n) is 18.1. The summed E-state index contributed by atoms with van der Waals surface area (Å²) in [7, 11) is 0. The number of carbonyl (C=O) groups is 1. The molecule has 0 aromatic rings. The Labute approximate surface area is 166 Å². The smallest absolute Gasteiger partial charge is 0.219 e. The van der Waals surface area contributed by atoms with Crippen LogP contribution >= 0.6 is 0 Å². The van der Waals surface area contributed by atoms with Gasteiger partial charge in [-0.1, -0.05) is 33.6 Å². The molecular weight excluding hydrogens is 338 g/mol. The van der Waals surface area contributed by atoms with E-state index in [-0.39, 0.29) is 5.91 Å². The minimum Gasteiger partial charge on any atom is -0.365 e. The molecule has 2 N–H and O–H groups in total. The van der Waals surface area contributed by atoms with Crippen LogP contribution in [-0.4, -0.2) is 59.9 Å². The normalized spacial score (nSPS) is 29.5. The van der Waals surface area contributed by atoms with Crippen LogP contribution in [0.5, 0.6) is 0 Å². The van der Waals surface area contributed by atoms with Gasteiger partial charge in [-0.3, -0.25) is 15.0 Å². The van der Waals surface area contributed by atoms with E-state index < -0.39 is 6.35 Å². The largest absolute Gasteiger partial charge is 0.365 e. The van der Waals surface area contributed by atoms with Gasteiger partial charge in [0.25, 0.3) is 0 Å². The Balaban J connectivity index is 1.77. The molecule has 5 unspecified atom stereocenters. The zero-order chi connectivity index (χ0) is 19.8. The maximum Gasteiger partial charge on any atom is 0.219 e. The number of piperidine rings is 2. The maximum absolute atomic E-state index is 11.8. The van der Waals surface area contributed by atoms with E-state index in [0.717, 1.165) is 51.5 Å². The third-order valence-electron chi connectivity index (χ3n) is 6.76. The van der Waals surface area contributed by atoms with Crippen LogP contribution in [0.4, 0.5) is 0 Å². The second-order valence-corrected chi connectivity index (χ2v) is 9.10. The minimum absolute atomic E-state index is 0.210. The molecule has 0 radical (unpaired) electrons. The Morgan fingerprint density at radius 1 is 1.26 bits per heavy atom. The van der Waals surface area contributed by atoms with Crippen LogP contribution in [0.25, 0.3) is 0 Å². The molecule has 2 rings (SSSR count). The summed E-state index contributed by atoms with van der Waals surface area (Å²) in [5, 5.41) is 13.9. The molecule has 0 aliphatic carbocycles. The first-order valence-corrected chi connectivity index (χ1v) is 11.4. The summed E-state index contributed by atoms with van der Waals surface area (Å²) in [5.41, 5.74) is 0. The van der Waals surface area contributed by atoms with Gasteiger partial charge in [-0.05, 0) is 62.3 Å². The van der Waals surface area contributed by atoms with E-state index in [9.17, 15) is 9.90 Å². The third kappa shape index (κ3) is 7.03. The molecule has 5 atom stereocenters. The van der Waals surface area contributed by atoms with Gasteiger partial charge in [-0.25, -0.2) is 0 Å². The van der Waals surface area contributed by atoms with Crippen molar-refractivity contribution in [1.82, 2.24) is 15.1 Å². The van der Waals surface area contributed by atoms with E-state index >= 15 is 0 Å². The second-order valence-electron chi connectivity index (χ2n) is 9.10. The van der Waals surface area contributed by atoms with Gasteiger partial charge in [0.05, 0.1) is 0 Å². The van der Waals surface area contributed by atoms with Crippen LogP contribution < -0.4 is 5.32 Å². The molecular formula is C22H43N3O2. The summed E-state index contributed by atoms with van der Waals surface area (Å²) in [6.45, 7) is 13.2. The van der Waals surface area contributed by atoms with E-state index in [0.29, 0.717) is 17.8 Å². The summed E-state index contributed by atoms with van der Waals surface area (Å²) < 4.78 is 0. The van der Waals surface area contributed by atoms with Crippen molar-refractivity contribution in [2.45, 2.75) is 79.0 Å². The first-order valence-electron chi connectivity index (χ1n) is 11.4. The first kappa shape index (κ1) is 22.6. The van der Waals surface area contributed by atoms with Crippen molar-refractivity contribution >= 4 is 5.91 Å². The lowest BCUT2D eigenvalue weighted by atomic mass is 9.78. The maximum atomic E-state index is 11.8. The van der Waals surface area contributed by atoms with Crippen LogP contribution in [0.15, 0.2) is 0 Å². The molecule has 158 valence electrons. The second kappa shape index (κ2) is 11.4. The highest BCUT2D eigenvalue weighted by atomic mass is 16.3. The number of amides is 1. The molecule has 0 saturated carbocycles. The van der Waals surface area contributed by atoms with Gasteiger partial charge in [-0.2, -0.15) is 0 Å². The third-order valence-corrected chi connectivity index (χ3v) is 6.76. The highest BCUT2D eigenvalue weighted by molar-refractivity contribution is 5.73. The lowest BCUT2D eigenvalue weighted by molar-refractivity contribution is -0.132. The number of carbonyl (C=O) groups excluding carboxylic acids is 1. The van der Waals surface area contributed by atoms with Gasteiger partial charge in [0.1, 0.15) is 0 Å². The molecule has 0 aromatic carbocycles. The van der Waals surface area contributed by atoms with Crippen LogP contribution in [-0.2, 0) is 4.79 Å². The van der Waals surface area contributed by atoms with Crippen molar-refractivity contribution in [3.63, 3.8) is 0 Å². The van der Waals surface area contributed by atoms with Gasteiger partial charge < -0.3 is 10.0 Å². The van der Waals surface area contributed by atoms with Crippen molar-refractivity contribution in [3.8, 4) is 0 Å². The Kier molecular flexibility index (Phi) is 9.54. The van der Waals surface area contributed by atoms with Crippen molar-refractivity contribution in [2.24, 2.45) is 23.7 Å². The van der Waals surface area contributed by atoms with Crippen molar-refractivity contribution in [3.05, 3.63) is 0 Å². The Morgan fingerprint density at radius 2 is 2.04 bits per heavy atom. The topological polar surface area (TPSA) is 55.8 Å². The van der Waals surface area contributed by atoms with E-state index in [1.807, 2.05) is 4.90 Å². The van der Waals surface area contributed by atoms with E-state index in [4.69, 9.17) is 0 Å². The molecule has 0 aromatic heterocycles. The standard InChI is InChI=1S/C22H43N3O2/c1-5-8-19-9-7-12-24(15-19)22(27)23-11-10-20(6-2)21-13-17(3)14-25(16-21)18(4)26/h17,19-23,27H,5-16H2,1-4H3. The van der Waals surface area contributed by atoms with E-state index in [1.165, 1.54) is 32.1 Å². The number of aliphatic hydroxyl groups is 1. The lowest BCUT2D eigenvalue weighted by Crippen LogP contribution is -2.50. The number of nitrogens with one attached hydrogen (secondary N) is 1. The van der Waals surface area contributed by atoms with Crippen LogP contribution in [0, 0.1) is 23.7 Å². The van der Waals surface area contributed by atoms with E-state index in [2.05, 4.69) is 31.0 Å². The fourth-order valence-corrected chi connectivity index (χ4v) is 5.26. The average molecular weight is 382 g/mol. The minimum atomic E-state index is -0.513. The highest BCUT2D eigenvalue weighted by Crippen LogP contribution is 2.31. The number of aliphatic hydroxyl groups excluding tert-OH is 1. The fourth-order valence-electron chi connectivity index (χ4n) is 5.26. The van der Waals surface area contributed by atoms with Gasteiger partial charge in [0.15, 0.2) is 6.35 Å². The molecule has 2 fully saturated rings. The summed E-state index contributed by atoms with van der Waals surface area (Å²) in [6.07, 6.45) is 7.93. The molecule has 1 amide bonds. The Morgan fingerprint density at radius 3 is 2.70 bits per heavy atom. The lowest BCUT2D eigenvalue weighted by Gasteiger charge is -2.40. The molecule has 0 bridgehead atoms.